The lowest BCUT2D eigenvalue weighted by Gasteiger charge is -2.34. The molecule has 6 heteroatoms. The van der Waals surface area contributed by atoms with E-state index in [4.69, 9.17) is 27.9 Å². The van der Waals surface area contributed by atoms with Crippen molar-refractivity contribution in [3.63, 3.8) is 0 Å². The molecule has 2 aliphatic rings. The number of ketones is 1. The highest BCUT2D eigenvalue weighted by Gasteiger charge is 2.43. The Labute approximate surface area is 185 Å². The standard InChI is InChI=1S/C24H21Cl2NO3/c1-14-21(24(29)30-13-15-6-3-2-4-7-15)22(16-10-11-17(25)18(26)12-16)23-19(27-14)8-5-9-20(23)28/h2-4,6-7,10-12,21-22H,5,8-9,13H2,1H3/t21?,22-/m1/s1. The molecule has 0 aromatic heterocycles. The van der Waals surface area contributed by atoms with Gasteiger partial charge in [0.25, 0.3) is 0 Å². The minimum atomic E-state index is -0.688. The molecular weight excluding hydrogens is 421 g/mol. The van der Waals surface area contributed by atoms with Crippen molar-refractivity contribution in [1.29, 1.82) is 0 Å². The van der Waals surface area contributed by atoms with Crippen LogP contribution in [0.5, 0.6) is 0 Å². The number of carbonyl (C=O) groups is 2. The van der Waals surface area contributed by atoms with Crippen LogP contribution in [0.1, 0.15) is 43.2 Å². The Kier molecular flexibility index (Phi) is 6.07. The third-order valence-electron chi connectivity index (χ3n) is 5.62. The van der Waals surface area contributed by atoms with Crippen molar-refractivity contribution in [1.82, 2.24) is 0 Å². The van der Waals surface area contributed by atoms with E-state index in [2.05, 4.69) is 4.99 Å². The molecule has 154 valence electrons. The van der Waals surface area contributed by atoms with Gasteiger partial charge in [-0.05, 0) is 43.0 Å². The molecule has 2 atom stereocenters. The van der Waals surface area contributed by atoms with Crippen LogP contribution in [0.4, 0.5) is 0 Å². The van der Waals surface area contributed by atoms with E-state index in [9.17, 15) is 9.59 Å². The van der Waals surface area contributed by atoms with Gasteiger partial charge >= 0.3 is 5.97 Å². The van der Waals surface area contributed by atoms with Gasteiger partial charge in [-0.15, -0.1) is 0 Å². The Hall–Kier alpha value is -2.43. The first kappa shape index (κ1) is 20.8. The van der Waals surface area contributed by atoms with Gasteiger partial charge in [0.1, 0.15) is 12.5 Å². The van der Waals surface area contributed by atoms with E-state index >= 15 is 0 Å². The van der Waals surface area contributed by atoms with Crippen molar-refractivity contribution < 1.29 is 14.3 Å². The van der Waals surface area contributed by atoms with Crippen LogP contribution in [0.3, 0.4) is 0 Å². The van der Waals surface area contributed by atoms with Crippen molar-refractivity contribution in [2.24, 2.45) is 10.9 Å². The molecule has 0 radical (unpaired) electrons. The Morgan fingerprint density at radius 3 is 2.60 bits per heavy atom. The van der Waals surface area contributed by atoms with Crippen LogP contribution in [-0.4, -0.2) is 17.5 Å². The van der Waals surface area contributed by atoms with Crippen LogP contribution in [0.15, 0.2) is 64.8 Å². The van der Waals surface area contributed by atoms with Gasteiger partial charge in [-0.3, -0.25) is 14.6 Å². The average molecular weight is 442 g/mol. The lowest BCUT2D eigenvalue weighted by molar-refractivity contribution is -0.148. The Morgan fingerprint density at radius 1 is 1.10 bits per heavy atom. The normalized spacial score (nSPS) is 21.2. The molecule has 0 amide bonds. The summed E-state index contributed by atoms with van der Waals surface area (Å²) >= 11 is 12.4. The van der Waals surface area contributed by atoms with Gasteiger partial charge in [-0.25, -0.2) is 0 Å². The number of aliphatic imine (C=N–C) groups is 1. The number of esters is 1. The number of benzene rings is 2. The molecule has 2 aromatic rings. The number of halogens is 2. The quantitative estimate of drug-likeness (QED) is 0.553. The molecule has 4 rings (SSSR count). The van der Waals surface area contributed by atoms with E-state index in [1.54, 1.807) is 12.1 Å². The topological polar surface area (TPSA) is 55.7 Å². The molecule has 2 aromatic carbocycles. The molecule has 1 heterocycles. The Morgan fingerprint density at radius 2 is 1.87 bits per heavy atom. The summed E-state index contributed by atoms with van der Waals surface area (Å²) in [6, 6.07) is 14.7. The van der Waals surface area contributed by atoms with Crippen molar-refractivity contribution >= 4 is 40.7 Å². The van der Waals surface area contributed by atoms with E-state index in [0.717, 1.165) is 29.7 Å². The van der Waals surface area contributed by atoms with Crippen LogP contribution in [-0.2, 0) is 20.9 Å². The summed E-state index contributed by atoms with van der Waals surface area (Å²) in [4.78, 5) is 30.7. The molecule has 0 fully saturated rings. The smallest absolute Gasteiger partial charge is 0.315 e. The molecule has 1 aliphatic carbocycles. The largest absolute Gasteiger partial charge is 0.460 e. The lowest BCUT2D eigenvalue weighted by Crippen LogP contribution is -2.37. The number of allylic oxidation sites excluding steroid dienone is 2. The number of Topliss-reactive ketones (excluding diaryl/α,β-unsaturated/α-hetero) is 1. The second-order valence-corrected chi connectivity index (χ2v) is 8.43. The first-order chi connectivity index (χ1) is 14.5. The number of rotatable bonds is 4. The lowest BCUT2D eigenvalue weighted by atomic mass is 9.72. The van der Waals surface area contributed by atoms with Crippen molar-refractivity contribution in [3.8, 4) is 0 Å². The summed E-state index contributed by atoms with van der Waals surface area (Å²) in [5.74, 6) is -1.54. The maximum atomic E-state index is 13.2. The predicted octanol–water partition coefficient (Wildman–Crippen LogP) is 5.92. The molecule has 0 N–H and O–H groups in total. The van der Waals surface area contributed by atoms with E-state index in [0.29, 0.717) is 27.8 Å². The third-order valence-corrected chi connectivity index (χ3v) is 6.35. The maximum Gasteiger partial charge on any atom is 0.315 e. The Bertz CT molecular complexity index is 1060. The van der Waals surface area contributed by atoms with Gasteiger partial charge in [-0.1, -0.05) is 59.6 Å². The first-order valence-corrected chi connectivity index (χ1v) is 10.7. The highest BCUT2D eigenvalue weighted by Crippen LogP contribution is 2.44. The molecule has 1 unspecified atom stereocenters. The van der Waals surface area contributed by atoms with Crippen LogP contribution in [0.25, 0.3) is 0 Å². The molecule has 1 aliphatic heterocycles. The van der Waals surface area contributed by atoms with Gasteiger partial charge in [0.05, 0.1) is 10.0 Å². The summed E-state index contributed by atoms with van der Waals surface area (Å²) in [6.45, 7) is 1.99. The molecule has 0 saturated heterocycles. The SMILES string of the molecule is CC1=NC2=C(C(=O)CCC2)[C@H](c2ccc(Cl)c(Cl)c2)C1C(=O)OCc1ccccc1. The summed E-state index contributed by atoms with van der Waals surface area (Å²) < 4.78 is 5.65. The average Bonchev–Trinajstić information content (AvgIpc) is 2.74. The number of ether oxygens (including phenoxy) is 1. The zero-order valence-corrected chi connectivity index (χ0v) is 18.0. The fourth-order valence-electron chi connectivity index (χ4n) is 4.20. The van der Waals surface area contributed by atoms with E-state index < -0.39 is 17.8 Å². The number of carbonyl (C=O) groups excluding carboxylic acids is 2. The van der Waals surface area contributed by atoms with Crippen LogP contribution < -0.4 is 0 Å². The van der Waals surface area contributed by atoms with E-state index in [-0.39, 0.29) is 12.4 Å². The van der Waals surface area contributed by atoms with Gasteiger partial charge in [0.15, 0.2) is 5.78 Å². The summed E-state index contributed by atoms with van der Waals surface area (Å²) in [6.07, 6.45) is 1.95. The summed E-state index contributed by atoms with van der Waals surface area (Å²) in [5, 5.41) is 0.810. The molecule has 30 heavy (non-hydrogen) atoms. The second kappa shape index (κ2) is 8.75. The fraction of sp³-hybridized carbons (Fsp3) is 0.292. The molecule has 0 spiro atoms. The Balaban J connectivity index is 1.72. The van der Waals surface area contributed by atoms with Gasteiger partial charge in [0, 0.05) is 29.3 Å². The summed E-state index contributed by atoms with van der Waals surface area (Å²) in [7, 11) is 0. The number of nitrogens with zero attached hydrogens (tertiary/aromatic N) is 1. The van der Waals surface area contributed by atoms with Crippen LogP contribution in [0, 0.1) is 5.92 Å². The summed E-state index contributed by atoms with van der Waals surface area (Å²) in [5.41, 5.74) is 3.69. The molecule has 0 saturated carbocycles. The number of hydrogen-bond acceptors (Lipinski definition) is 4. The monoisotopic (exact) mass is 441 g/mol. The van der Waals surface area contributed by atoms with Gasteiger partial charge in [0.2, 0.25) is 0 Å². The zero-order valence-electron chi connectivity index (χ0n) is 16.5. The highest BCUT2D eigenvalue weighted by atomic mass is 35.5. The zero-order chi connectivity index (χ0) is 21.3. The molecular formula is C24H21Cl2NO3. The van der Waals surface area contributed by atoms with Gasteiger partial charge in [-0.2, -0.15) is 0 Å². The van der Waals surface area contributed by atoms with Crippen LogP contribution >= 0.6 is 23.2 Å². The minimum Gasteiger partial charge on any atom is -0.460 e. The first-order valence-electron chi connectivity index (χ1n) is 9.92. The predicted molar refractivity (Wildman–Crippen MR) is 118 cm³/mol. The van der Waals surface area contributed by atoms with Crippen LogP contribution in [0.2, 0.25) is 10.0 Å². The molecule has 4 nitrogen and oxygen atoms in total. The highest BCUT2D eigenvalue weighted by molar-refractivity contribution is 6.42. The fourth-order valence-corrected chi connectivity index (χ4v) is 4.50. The third kappa shape index (κ3) is 4.07. The maximum absolute atomic E-state index is 13.2. The van der Waals surface area contributed by atoms with Crippen molar-refractivity contribution in [2.75, 3.05) is 0 Å². The van der Waals surface area contributed by atoms with Crippen molar-refractivity contribution in [3.05, 3.63) is 81.0 Å². The van der Waals surface area contributed by atoms with E-state index in [1.807, 2.05) is 43.3 Å². The molecule has 0 bridgehead atoms. The van der Waals surface area contributed by atoms with Crippen molar-refractivity contribution in [2.45, 2.75) is 38.7 Å². The second-order valence-electron chi connectivity index (χ2n) is 7.61. The van der Waals surface area contributed by atoms with E-state index in [1.165, 1.54) is 0 Å². The minimum absolute atomic E-state index is 0.0319. The van der Waals surface area contributed by atoms with Gasteiger partial charge < -0.3 is 4.74 Å². The number of hydrogen-bond donors (Lipinski definition) is 0.